The SMILES string of the molecule is Nc1ccc(F)c(-c2nc(C3CCCO3)no2)c1. The number of nitrogen functional groups attached to an aromatic ring is 1. The van der Waals surface area contributed by atoms with Crippen LogP contribution in [0.4, 0.5) is 10.1 Å². The molecule has 2 heterocycles. The van der Waals surface area contributed by atoms with Gasteiger partial charge in [0.05, 0.1) is 5.56 Å². The maximum Gasteiger partial charge on any atom is 0.261 e. The minimum atomic E-state index is -0.438. The lowest BCUT2D eigenvalue weighted by Gasteiger charge is -2.01. The molecule has 1 fully saturated rings. The smallest absolute Gasteiger partial charge is 0.261 e. The zero-order chi connectivity index (χ0) is 12.5. The Balaban J connectivity index is 1.94. The highest BCUT2D eigenvalue weighted by Crippen LogP contribution is 2.29. The lowest BCUT2D eigenvalue weighted by molar-refractivity contribution is 0.103. The molecule has 1 aromatic carbocycles. The zero-order valence-electron chi connectivity index (χ0n) is 9.60. The van der Waals surface area contributed by atoms with E-state index < -0.39 is 5.82 Å². The normalized spacial score (nSPS) is 19.3. The highest BCUT2D eigenvalue weighted by molar-refractivity contribution is 5.60. The fourth-order valence-electron chi connectivity index (χ4n) is 1.96. The summed E-state index contributed by atoms with van der Waals surface area (Å²) < 4.78 is 24.1. The van der Waals surface area contributed by atoms with Crippen LogP contribution in [0.2, 0.25) is 0 Å². The van der Waals surface area contributed by atoms with E-state index in [1.807, 2.05) is 0 Å². The number of rotatable bonds is 2. The maximum absolute atomic E-state index is 13.6. The molecule has 6 heteroatoms. The minimum Gasteiger partial charge on any atom is -0.399 e. The van der Waals surface area contributed by atoms with Crippen molar-refractivity contribution in [1.29, 1.82) is 0 Å². The van der Waals surface area contributed by atoms with Crippen molar-refractivity contribution in [2.75, 3.05) is 12.3 Å². The van der Waals surface area contributed by atoms with E-state index in [1.54, 1.807) is 0 Å². The van der Waals surface area contributed by atoms with Crippen molar-refractivity contribution in [3.05, 3.63) is 29.8 Å². The van der Waals surface area contributed by atoms with E-state index in [4.69, 9.17) is 15.0 Å². The third-order valence-electron chi connectivity index (χ3n) is 2.88. The van der Waals surface area contributed by atoms with Gasteiger partial charge in [-0.1, -0.05) is 5.16 Å². The first kappa shape index (κ1) is 11.2. The standard InChI is InChI=1S/C12H12FN3O2/c13-9-4-3-7(14)6-8(9)12-15-11(16-18-12)10-2-1-5-17-10/h3-4,6,10H,1-2,5,14H2. The van der Waals surface area contributed by atoms with Crippen LogP contribution < -0.4 is 5.73 Å². The Labute approximate surface area is 103 Å². The summed E-state index contributed by atoms with van der Waals surface area (Å²) >= 11 is 0. The molecule has 5 nitrogen and oxygen atoms in total. The molecule has 1 aliphatic rings. The van der Waals surface area contributed by atoms with E-state index >= 15 is 0 Å². The molecule has 0 radical (unpaired) electrons. The predicted octanol–water partition coefficient (Wildman–Crippen LogP) is 2.31. The molecule has 0 amide bonds. The summed E-state index contributed by atoms with van der Waals surface area (Å²) in [5.74, 6) is 0.154. The summed E-state index contributed by atoms with van der Waals surface area (Å²) in [5, 5.41) is 3.83. The Morgan fingerprint density at radius 3 is 3.06 bits per heavy atom. The zero-order valence-corrected chi connectivity index (χ0v) is 9.60. The van der Waals surface area contributed by atoms with Crippen molar-refractivity contribution >= 4 is 5.69 Å². The van der Waals surface area contributed by atoms with Gasteiger partial charge in [0.1, 0.15) is 11.9 Å². The number of ether oxygens (including phenoxy) is 1. The van der Waals surface area contributed by atoms with E-state index in [0.717, 1.165) is 12.8 Å². The van der Waals surface area contributed by atoms with Gasteiger partial charge in [-0.25, -0.2) is 4.39 Å². The number of hydrogen-bond acceptors (Lipinski definition) is 5. The van der Waals surface area contributed by atoms with Crippen LogP contribution in [0.15, 0.2) is 22.7 Å². The van der Waals surface area contributed by atoms with Gasteiger partial charge < -0.3 is 15.0 Å². The van der Waals surface area contributed by atoms with Gasteiger partial charge in [-0.2, -0.15) is 4.98 Å². The lowest BCUT2D eigenvalue weighted by Crippen LogP contribution is -1.98. The van der Waals surface area contributed by atoms with Gasteiger partial charge in [0.25, 0.3) is 5.89 Å². The fraction of sp³-hybridized carbons (Fsp3) is 0.333. The Morgan fingerprint density at radius 1 is 1.39 bits per heavy atom. The molecule has 0 aliphatic carbocycles. The third kappa shape index (κ3) is 1.95. The molecule has 0 spiro atoms. The molecule has 1 saturated heterocycles. The third-order valence-corrected chi connectivity index (χ3v) is 2.88. The first-order valence-electron chi connectivity index (χ1n) is 5.74. The number of nitrogens with two attached hydrogens (primary N) is 1. The summed E-state index contributed by atoms with van der Waals surface area (Å²) in [4.78, 5) is 4.17. The molecule has 1 aliphatic heterocycles. The van der Waals surface area contributed by atoms with Gasteiger partial charge in [0, 0.05) is 12.3 Å². The summed E-state index contributed by atoms with van der Waals surface area (Å²) in [5.41, 5.74) is 6.27. The largest absolute Gasteiger partial charge is 0.399 e. The van der Waals surface area contributed by atoms with Crippen molar-refractivity contribution in [1.82, 2.24) is 10.1 Å². The van der Waals surface area contributed by atoms with E-state index in [0.29, 0.717) is 18.1 Å². The van der Waals surface area contributed by atoms with Crippen molar-refractivity contribution in [3.63, 3.8) is 0 Å². The molecule has 2 aromatic rings. The minimum absolute atomic E-state index is 0.130. The molecule has 0 saturated carbocycles. The lowest BCUT2D eigenvalue weighted by atomic mass is 10.2. The first-order chi connectivity index (χ1) is 8.74. The molecular formula is C12H12FN3O2. The van der Waals surface area contributed by atoms with Crippen LogP contribution in [0.3, 0.4) is 0 Å². The highest BCUT2D eigenvalue weighted by atomic mass is 19.1. The number of nitrogens with zero attached hydrogens (tertiary/aromatic N) is 2. The Bertz CT molecular complexity index is 564. The van der Waals surface area contributed by atoms with E-state index in [2.05, 4.69) is 10.1 Å². The fourth-order valence-corrected chi connectivity index (χ4v) is 1.96. The average molecular weight is 249 g/mol. The van der Waals surface area contributed by atoms with E-state index in [-0.39, 0.29) is 17.6 Å². The van der Waals surface area contributed by atoms with Gasteiger partial charge >= 0.3 is 0 Å². The first-order valence-corrected chi connectivity index (χ1v) is 5.74. The summed E-state index contributed by atoms with van der Waals surface area (Å²) in [7, 11) is 0. The van der Waals surface area contributed by atoms with Gasteiger partial charge in [0.2, 0.25) is 5.82 Å². The van der Waals surface area contributed by atoms with Crippen LogP contribution in [0.5, 0.6) is 0 Å². The second-order valence-corrected chi connectivity index (χ2v) is 4.20. The quantitative estimate of drug-likeness (QED) is 0.826. The number of hydrogen-bond donors (Lipinski definition) is 1. The molecule has 3 rings (SSSR count). The van der Waals surface area contributed by atoms with Crippen molar-refractivity contribution in [3.8, 4) is 11.5 Å². The van der Waals surface area contributed by atoms with Crippen LogP contribution in [0, 0.1) is 5.82 Å². The van der Waals surface area contributed by atoms with Gasteiger partial charge in [0.15, 0.2) is 0 Å². The van der Waals surface area contributed by atoms with E-state index in [1.165, 1.54) is 18.2 Å². The molecule has 18 heavy (non-hydrogen) atoms. The topological polar surface area (TPSA) is 74.2 Å². The molecular weight excluding hydrogens is 237 g/mol. The Kier molecular flexibility index (Phi) is 2.71. The van der Waals surface area contributed by atoms with E-state index in [9.17, 15) is 4.39 Å². The summed E-state index contributed by atoms with van der Waals surface area (Å²) in [6.45, 7) is 0.696. The Morgan fingerprint density at radius 2 is 2.28 bits per heavy atom. The molecule has 94 valence electrons. The van der Waals surface area contributed by atoms with Crippen molar-refractivity contribution in [2.24, 2.45) is 0 Å². The number of anilines is 1. The van der Waals surface area contributed by atoms with Gasteiger partial charge in [-0.3, -0.25) is 0 Å². The van der Waals surface area contributed by atoms with Crippen LogP contribution >= 0.6 is 0 Å². The number of aromatic nitrogens is 2. The van der Waals surface area contributed by atoms with Crippen LogP contribution in [0.25, 0.3) is 11.5 Å². The Hall–Kier alpha value is -1.95. The van der Waals surface area contributed by atoms with Crippen LogP contribution in [-0.4, -0.2) is 16.7 Å². The van der Waals surface area contributed by atoms with Crippen LogP contribution in [0.1, 0.15) is 24.8 Å². The monoisotopic (exact) mass is 249 g/mol. The summed E-state index contributed by atoms with van der Waals surface area (Å²) in [6, 6.07) is 4.24. The predicted molar refractivity (Wildman–Crippen MR) is 62.0 cm³/mol. The maximum atomic E-state index is 13.6. The second-order valence-electron chi connectivity index (χ2n) is 4.20. The van der Waals surface area contributed by atoms with Crippen LogP contribution in [-0.2, 0) is 4.74 Å². The molecule has 1 aromatic heterocycles. The number of halogens is 1. The summed E-state index contributed by atoms with van der Waals surface area (Å²) in [6.07, 6.45) is 1.69. The average Bonchev–Trinajstić information content (AvgIpc) is 3.00. The van der Waals surface area contributed by atoms with Gasteiger partial charge in [-0.15, -0.1) is 0 Å². The number of benzene rings is 1. The molecule has 2 N–H and O–H groups in total. The van der Waals surface area contributed by atoms with Crippen molar-refractivity contribution < 1.29 is 13.7 Å². The van der Waals surface area contributed by atoms with Gasteiger partial charge in [-0.05, 0) is 31.0 Å². The van der Waals surface area contributed by atoms with Crippen molar-refractivity contribution in [2.45, 2.75) is 18.9 Å². The molecule has 0 bridgehead atoms. The molecule has 1 unspecified atom stereocenters. The second kappa shape index (κ2) is 4.38. The molecule has 1 atom stereocenters. The highest BCUT2D eigenvalue weighted by Gasteiger charge is 2.24.